The lowest BCUT2D eigenvalue weighted by atomic mass is 9.88. The maximum atomic E-state index is 4.49. The van der Waals surface area contributed by atoms with Crippen molar-refractivity contribution >= 4 is 0 Å². The van der Waals surface area contributed by atoms with Crippen molar-refractivity contribution in [3.63, 3.8) is 0 Å². The van der Waals surface area contributed by atoms with Crippen LogP contribution in [-0.2, 0) is 0 Å². The molecule has 1 unspecified atom stereocenters. The summed E-state index contributed by atoms with van der Waals surface area (Å²) in [6, 6.07) is 0.360. The van der Waals surface area contributed by atoms with Gasteiger partial charge in [0.2, 0.25) is 0 Å². The molecule has 18 heavy (non-hydrogen) atoms. The van der Waals surface area contributed by atoms with Gasteiger partial charge in [-0.1, -0.05) is 33.6 Å². The summed E-state index contributed by atoms with van der Waals surface area (Å²) in [6.45, 7) is 7.77. The fraction of sp³-hybridized carbons (Fsp3) is 0.733. The highest BCUT2D eigenvalue weighted by Gasteiger charge is 2.22. The van der Waals surface area contributed by atoms with Gasteiger partial charge in [-0.15, -0.1) is 0 Å². The lowest BCUT2D eigenvalue weighted by molar-refractivity contribution is 0.310. The van der Waals surface area contributed by atoms with E-state index in [0.29, 0.717) is 12.0 Å². The molecule has 0 aromatic carbocycles. The van der Waals surface area contributed by atoms with Crippen LogP contribution in [0.5, 0.6) is 0 Å². The molecule has 3 heteroatoms. The largest absolute Gasteiger partial charge is 0.308 e. The molecule has 0 aliphatic carbocycles. The first-order chi connectivity index (χ1) is 8.83. The first-order valence-electron chi connectivity index (χ1n) is 7.32. The average molecular weight is 249 g/mol. The molecule has 3 nitrogen and oxygen atoms in total. The topological polar surface area (TPSA) is 37.8 Å². The minimum atomic E-state index is 0.360. The third-order valence-electron chi connectivity index (χ3n) is 3.31. The zero-order chi connectivity index (χ0) is 13.2. The Hall–Kier alpha value is -0.960. The van der Waals surface area contributed by atoms with E-state index in [1.165, 1.54) is 25.7 Å². The van der Waals surface area contributed by atoms with E-state index in [2.05, 4.69) is 36.1 Å². The molecule has 0 amide bonds. The van der Waals surface area contributed by atoms with Crippen molar-refractivity contribution in [1.29, 1.82) is 0 Å². The van der Waals surface area contributed by atoms with E-state index in [1.807, 2.05) is 6.20 Å². The Kier molecular flexibility index (Phi) is 7.58. The summed E-state index contributed by atoms with van der Waals surface area (Å²) in [7, 11) is 0. The highest BCUT2D eigenvalue weighted by Crippen LogP contribution is 2.28. The highest BCUT2D eigenvalue weighted by molar-refractivity contribution is 5.04. The number of rotatable bonds is 9. The molecule has 0 radical (unpaired) electrons. The summed E-state index contributed by atoms with van der Waals surface area (Å²) < 4.78 is 0. The molecule has 1 aromatic rings. The molecule has 1 N–H and O–H groups in total. The van der Waals surface area contributed by atoms with Crippen LogP contribution >= 0.6 is 0 Å². The van der Waals surface area contributed by atoms with E-state index >= 15 is 0 Å². The Balaban J connectivity index is 2.80. The molecule has 0 saturated heterocycles. The van der Waals surface area contributed by atoms with Crippen LogP contribution in [0.2, 0.25) is 0 Å². The van der Waals surface area contributed by atoms with Gasteiger partial charge in [0.05, 0.1) is 11.7 Å². The summed E-state index contributed by atoms with van der Waals surface area (Å²) in [5.74, 6) is 0.670. The number of aromatic nitrogens is 2. The molecule has 0 spiro atoms. The van der Waals surface area contributed by atoms with Gasteiger partial charge in [0, 0.05) is 18.6 Å². The zero-order valence-electron chi connectivity index (χ0n) is 12.0. The van der Waals surface area contributed by atoms with E-state index < -0.39 is 0 Å². The van der Waals surface area contributed by atoms with Crippen LogP contribution < -0.4 is 5.32 Å². The summed E-state index contributed by atoms with van der Waals surface area (Å²) >= 11 is 0. The predicted molar refractivity (Wildman–Crippen MR) is 76.4 cm³/mol. The highest BCUT2D eigenvalue weighted by atomic mass is 15.0. The van der Waals surface area contributed by atoms with E-state index in [-0.39, 0.29) is 0 Å². The second-order valence-corrected chi connectivity index (χ2v) is 4.90. The minimum absolute atomic E-state index is 0.360. The first kappa shape index (κ1) is 15.1. The van der Waals surface area contributed by atoms with Gasteiger partial charge in [-0.25, -0.2) is 0 Å². The Morgan fingerprint density at radius 2 is 1.78 bits per heavy atom. The molecule has 0 aliphatic heterocycles. The normalized spacial score (nSPS) is 12.9. The lowest BCUT2D eigenvalue weighted by Crippen LogP contribution is -2.30. The molecule has 1 rings (SSSR count). The maximum absolute atomic E-state index is 4.49. The molecule has 0 bridgehead atoms. The fourth-order valence-electron chi connectivity index (χ4n) is 2.50. The van der Waals surface area contributed by atoms with Crippen molar-refractivity contribution in [2.75, 3.05) is 6.54 Å². The van der Waals surface area contributed by atoms with E-state index in [0.717, 1.165) is 18.7 Å². The lowest BCUT2D eigenvalue weighted by Gasteiger charge is -2.27. The Morgan fingerprint density at radius 1 is 1.06 bits per heavy atom. The third-order valence-corrected chi connectivity index (χ3v) is 3.31. The van der Waals surface area contributed by atoms with Gasteiger partial charge >= 0.3 is 0 Å². The van der Waals surface area contributed by atoms with Crippen molar-refractivity contribution in [3.05, 3.63) is 24.3 Å². The van der Waals surface area contributed by atoms with Gasteiger partial charge in [0.25, 0.3) is 0 Å². The van der Waals surface area contributed by atoms with Crippen molar-refractivity contribution < 1.29 is 0 Å². The number of hydrogen-bond donors (Lipinski definition) is 1. The third kappa shape index (κ3) is 4.73. The number of nitrogens with one attached hydrogen (secondary N) is 1. The predicted octanol–water partition coefficient (Wildman–Crippen LogP) is 3.73. The molecular formula is C15H27N3. The molecule has 0 saturated carbocycles. The summed E-state index contributed by atoms with van der Waals surface area (Å²) in [5.41, 5.74) is 1.10. The quantitative estimate of drug-likeness (QED) is 0.724. The molecule has 1 heterocycles. The van der Waals surface area contributed by atoms with Crippen LogP contribution in [0.4, 0.5) is 0 Å². The number of nitrogens with zero attached hydrogens (tertiary/aromatic N) is 2. The van der Waals surface area contributed by atoms with Crippen molar-refractivity contribution in [2.45, 2.75) is 58.9 Å². The van der Waals surface area contributed by atoms with Crippen LogP contribution in [0.15, 0.2) is 18.6 Å². The summed E-state index contributed by atoms with van der Waals surface area (Å²) in [5, 5.41) is 3.65. The summed E-state index contributed by atoms with van der Waals surface area (Å²) in [4.78, 5) is 8.71. The molecular weight excluding hydrogens is 222 g/mol. The fourth-order valence-corrected chi connectivity index (χ4v) is 2.50. The van der Waals surface area contributed by atoms with Crippen LogP contribution in [-0.4, -0.2) is 16.5 Å². The zero-order valence-corrected chi connectivity index (χ0v) is 12.0. The smallest absolute Gasteiger partial charge is 0.0758 e. The second-order valence-electron chi connectivity index (χ2n) is 4.90. The average Bonchev–Trinajstić information content (AvgIpc) is 2.41. The Bertz CT molecular complexity index is 294. The van der Waals surface area contributed by atoms with Gasteiger partial charge in [-0.05, 0) is 31.7 Å². The van der Waals surface area contributed by atoms with Crippen molar-refractivity contribution in [2.24, 2.45) is 5.92 Å². The second kappa shape index (κ2) is 9.03. The van der Waals surface area contributed by atoms with Crippen LogP contribution in [0.25, 0.3) is 0 Å². The molecule has 102 valence electrons. The van der Waals surface area contributed by atoms with Gasteiger partial charge < -0.3 is 5.32 Å². The van der Waals surface area contributed by atoms with Gasteiger partial charge in [-0.3, -0.25) is 9.97 Å². The minimum Gasteiger partial charge on any atom is -0.308 e. The van der Waals surface area contributed by atoms with Gasteiger partial charge in [0.15, 0.2) is 0 Å². The van der Waals surface area contributed by atoms with Crippen LogP contribution in [0.3, 0.4) is 0 Å². The molecule has 1 atom stereocenters. The molecule has 0 aliphatic rings. The molecule has 1 aromatic heterocycles. The first-order valence-corrected chi connectivity index (χ1v) is 7.32. The Labute approximate surface area is 111 Å². The van der Waals surface area contributed by atoms with Gasteiger partial charge in [-0.2, -0.15) is 0 Å². The van der Waals surface area contributed by atoms with Crippen molar-refractivity contribution in [3.8, 4) is 0 Å². The van der Waals surface area contributed by atoms with Crippen LogP contribution in [0.1, 0.15) is 64.6 Å². The standard InChI is InChI=1S/C15H27N3/c1-4-7-13(8-5-2)15(18-9-6-3)14-12-16-10-11-17-14/h10-13,15,18H,4-9H2,1-3H3. The van der Waals surface area contributed by atoms with Gasteiger partial charge in [0.1, 0.15) is 0 Å². The SMILES string of the molecule is CCCNC(c1cnccn1)C(CCC)CCC. The van der Waals surface area contributed by atoms with E-state index in [4.69, 9.17) is 0 Å². The van der Waals surface area contributed by atoms with E-state index in [1.54, 1.807) is 12.4 Å². The summed E-state index contributed by atoms with van der Waals surface area (Å²) in [6.07, 6.45) is 11.6. The van der Waals surface area contributed by atoms with Crippen molar-refractivity contribution in [1.82, 2.24) is 15.3 Å². The molecule has 0 fully saturated rings. The monoisotopic (exact) mass is 249 g/mol. The number of hydrogen-bond acceptors (Lipinski definition) is 3. The van der Waals surface area contributed by atoms with E-state index in [9.17, 15) is 0 Å². The maximum Gasteiger partial charge on any atom is 0.0758 e. The Morgan fingerprint density at radius 3 is 2.28 bits per heavy atom. The van der Waals surface area contributed by atoms with Crippen LogP contribution in [0, 0.1) is 5.92 Å².